The Kier molecular flexibility index (Phi) is 5.05. The van der Waals surface area contributed by atoms with Crippen LogP contribution in [0.3, 0.4) is 0 Å². The standard InChI is InChI=1S/C19H18N4O2/c20-11-15-2-1-3-16(10-15)13-23-17(4-5-18(23)24)19(25)22-12-14-6-8-21-9-7-14/h1-3,6-10,17H,4-5,12-13H2,(H,22,25). The zero-order valence-corrected chi connectivity index (χ0v) is 13.7. The number of likely N-dealkylation sites (tertiary alicyclic amines) is 1. The van der Waals surface area contributed by atoms with Crippen LogP contribution in [0.5, 0.6) is 0 Å². The maximum Gasteiger partial charge on any atom is 0.243 e. The number of nitrogens with one attached hydrogen (secondary N) is 1. The third kappa shape index (κ3) is 4.01. The van der Waals surface area contributed by atoms with E-state index in [-0.39, 0.29) is 11.8 Å². The van der Waals surface area contributed by atoms with E-state index < -0.39 is 6.04 Å². The summed E-state index contributed by atoms with van der Waals surface area (Å²) in [7, 11) is 0. The fourth-order valence-corrected chi connectivity index (χ4v) is 2.95. The van der Waals surface area contributed by atoms with Gasteiger partial charge in [-0.3, -0.25) is 14.6 Å². The van der Waals surface area contributed by atoms with Gasteiger partial charge in [-0.2, -0.15) is 5.26 Å². The minimum Gasteiger partial charge on any atom is -0.350 e. The summed E-state index contributed by atoms with van der Waals surface area (Å²) in [5, 5.41) is 11.9. The van der Waals surface area contributed by atoms with Crippen molar-refractivity contribution in [1.82, 2.24) is 15.2 Å². The summed E-state index contributed by atoms with van der Waals surface area (Å²) in [6.07, 6.45) is 4.23. The second kappa shape index (κ2) is 7.58. The lowest BCUT2D eigenvalue weighted by molar-refractivity contribution is -0.135. The van der Waals surface area contributed by atoms with Gasteiger partial charge in [0.2, 0.25) is 11.8 Å². The molecule has 2 aromatic rings. The number of rotatable bonds is 5. The molecule has 6 nitrogen and oxygen atoms in total. The minimum absolute atomic E-state index is 0.0357. The number of hydrogen-bond acceptors (Lipinski definition) is 4. The molecule has 3 rings (SSSR count). The zero-order chi connectivity index (χ0) is 17.6. The fourth-order valence-electron chi connectivity index (χ4n) is 2.95. The van der Waals surface area contributed by atoms with E-state index in [1.807, 2.05) is 18.2 Å². The number of benzene rings is 1. The van der Waals surface area contributed by atoms with Gasteiger partial charge in [0.25, 0.3) is 0 Å². The Morgan fingerprint density at radius 1 is 1.28 bits per heavy atom. The Balaban J connectivity index is 1.66. The summed E-state index contributed by atoms with van der Waals surface area (Å²) < 4.78 is 0. The third-order valence-corrected chi connectivity index (χ3v) is 4.26. The zero-order valence-electron chi connectivity index (χ0n) is 13.7. The van der Waals surface area contributed by atoms with E-state index in [0.717, 1.165) is 11.1 Å². The lowest BCUT2D eigenvalue weighted by Crippen LogP contribution is -2.44. The van der Waals surface area contributed by atoms with Gasteiger partial charge in [0, 0.05) is 31.9 Å². The van der Waals surface area contributed by atoms with Crippen LogP contribution in [0.4, 0.5) is 0 Å². The predicted molar refractivity (Wildman–Crippen MR) is 90.8 cm³/mol. The molecule has 1 aliphatic heterocycles. The molecule has 1 fully saturated rings. The quantitative estimate of drug-likeness (QED) is 0.903. The monoisotopic (exact) mass is 334 g/mol. The SMILES string of the molecule is N#Cc1cccc(CN2C(=O)CCC2C(=O)NCc2ccncc2)c1. The minimum atomic E-state index is -0.472. The van der Waals surface area contributed by atoms with Gasteiger partial charge >= 0.3 is 0 Å². The first-order valence-corrected chi connectivity index (χ1v) is 8.12. The molecule has 126 valence electrons. The number of hydrogen-bond donors (Lipinski definition) is 1. The average Bonchev–Trinajstić information content (AvgIpc) is 3.01. The van der Waals surface area contributed by atoms with E-state index in [1.165, 1.54) is 0 Å². The topological polar surface area (TPSA) is 86.1 Å². The van der Waals surface area contributed by atoms with E-state index in [1.54, 1.807) is 35.5 Å². The molecule has 1 aliphatic rings. The van der Waals surface area contributed by atoms with E-state index in [4.69, 9.17) is 5.26 Å². The van der Waals surface area contributed by atoms with Crippen LogP contribution in [0.25, 0.3) is 0 Å². The van der Waals surface area contributed by atoms with Gasteiger partial charge in [-0.1, -0.05) is 12.1 Å². The molecule has 0 saturated carbocycles. The maximum absolute atomic E-state index is 12.5. The van der Waals surface area contributed by atoms with Gasteiger partial charge in [0.15, 0.2) is 0 Å². The molecule has 25 heavy (non-hydrogen) atoms. The average molecular weight is 334 g/mol. The first-order chi connectivity index (χ1) is 12.2. The predicted octanol–water partition coefficient (Wildman–Crippen LogP) is 1.76. The molecule has 1 aromatic heterocycles. The van der Waals surface area contributed by atoms with E-state index in [2.05, 4.69) is 16.4 Å². The van der Waals surface area contributed by atoms with Gasteiger partial charge in [-0.05, 0) is 41.8 Å². The van der Waals surface area contributed by atoms with Gasteiger partial charge in [0.05, 0.1) is 11.6 Å². The van der Waals surface area contributed by atoms with Crippen LogP contribution in [-0.4, -0.2) is 27.7 Å². The van der Waals surface area contributed by atoms with Crippen LogP contribution in [0.1, 0.15) is 29.5 Å². The van der Waals surface area contributed by atoms with Crippen molar-refractivity contribution in [3.05, 3.63) is 65.5 Å². The highest BCUT2D eigenvalue weighted by molar-refractivity contribution is 5.90. The molecule has 2 heterocycles. The largest absolute Gasteiger partial charge is 0.350 e. The highest BCUT2D eigenvalue weighted by Gasteiger charge is 2.35. The number of carbonyl (C=O) groups excluding carboxylic acids is 2. The summed E-state index contributed by atoms with van der Waals surface area (Å²) in [6.45, 7) is 0.742. The van der Waals surface area contributed by atoms with Crippen molar-refractivity contribution in [3.63, 3.8) is 0 Å². The fraction of sp³-hybridized carbons (Fsp3) is 0.263. The lowest BCUT2D eigenvalue weighted by atomic mass is 10.1. The lowest BCUT2D eigenvalue weighted by Gasteiger charge is -2.24. The number of nitriles is 1. The number of nitrogens with zero attached hydrogens (tertiary/aromatic N) is 3. The molecule has 1 aromatic carbocycles. The van der Waals surface area contributed by atoms with Crippen molar-refractivity contribution in [3.8, 4) is 6.07 Å². The Morgan fingerprint density at radius 3 is 2.84 bits per heavy atom. The Bertz CT molecular complexity index is 814. The van der Waals surface area contributed by atoms with Crippen LogP contribution < -0.4 is 5.32 Å². The van der Waals surface area contributed by atoms with Crippen molar-refractivity contribution in [1.29, 1.82) is 5.26 Å². The van der Waals surface area contributed by atoms with E-state index >= 15 is 0 Å². The van der Waals surface area contributed by atoms with Crippen LogP contribution in [-0.2, 0) is 22.7 Å². The first-order valence-electron chi connectivity index (χ1n) is 8.12. The van der Waals surface area contributed by atoms with Crippen molar-refractivity contribution in [2.75, 3.05) is 0 Å². The van der Waals surface area contributed by atoms with Gasteiger partial charge in [-0.25, -0.2) is 0 Å². The maximum atomic E-state index is 12.5. The highest BCUT2D eigenvalue weighted by atomic mass is 16.2. The summed E-state index contributed by atoms with van der Waals surface area (Å²) >= 11 is 0. The molecule has 0 bridgehead atoms. The van der Waals surface area contributed by atoms with Crippen molar-refractivity contribution in [2.24, 2.45) is 0 Å². The molecule has 0 radical (unpaired) electrons. The molecule has 2 amide bonds. The molecule has 1 saturated heterocycles. The number of pyridine rings is 1. The third-order valence-electron chi connectivity index (χ3n) is 4.26. The second-order valence-corrected chi connectivity index (χ2v) is 5.96. The molecular formula is C19H18N4O2. The molecular weight excluding hydrogens is 316 g/mol. The summed E-state index contributed by atoms with van der Waals surface area (Å²) in [5.74, 6) is -0.189. The Labute approximate surface area is 146 Å². The molecule has 0 aliphatic carbocycles. The van der Waals surface area contributed by atoms with E-state index in [9.17, 15) is 9.59 Å². The highest BCUT2D eigenvalue weighted by Crippen LogP contribution is 2.22. The number of carbonyl (C=O) groups is 2. The van der Waals surface area contributed by atoms with Crippen LogP contribution in [0, 0.1) is 11.3 Å². The first kappa shape index (κ1) is 16.7. The summed E-state index contributed by atoms with van der Waals surface area (Å²) in [6, 6.07) is 12.4. The van der Waals surface area contributed by atoms with E-state index in [0.29, 0.717) is 31.5 Å². The smallest absolute Gasteiger partial charge is 0.243 e. The number of aromatic nitrogens is 1. The molecule has 1 unspecified atom stereocenters. The van der Waals surface area contributed by atoms with Crippen molar-refractivity contribution >= 4 is 11.8 Å². The molecule has 0 spiro atoms. The number of amides is 2. The Morgan fingerprint density at radius 2 is 2.08 bits per heavy atom. The van der Waals surface area contributed by atoms with Crippen LogP contribution >= 0.6 is 0 Å². The summed E-state index contributed by atoms with van der Waals surface area (Å²) in [4.78, 5) is 30.2. The molecule has 1 atom stereocenters. The van der Waals surface area contributed by atoms with Gasteiger partial charge < -0.3 is 10.2 Å². The van der Waals surface area contributed by atoms with Gasteiger partial charge in [-0.15, -0.1) is 0 Å². The molecule has 1 N–H and O–H groups in total. The summed E-state index contributed by atoms with van der Waals surface area (Å²) in [5.41, 5.74) is 2.35. The van der Waals surface area contributed by atoms with Crippen LogP contribution in [0.15, 0.2) is 48.8 Å². The van der Waals surface area contributed by atoms with Crippen molar-refractivity contribution < 1.29 is 9.59 Å². The van der Waals surface area contributed by atoms with Crippen LogP contribution in [0.2, 0.25) is 0 Å². The molecule has 6 heteroatoms. The van der Waals surface area contributed by atoms with Gasteiger partial charge in [0.1, 0.15) is 6.04 Å². The van der Waals surface area contributed by atoms with Crippen molar-refractivity contribution in [2.45, 2.75) is 32.0 Å². The second-order valence-electron chi connectivity index (χ2n) is 5.96. The normalized spacial score (nSPS) is 16.5. The Hall–Kier alpha value is -3.20.